The second-order valence-electron chi connectivity index (χ2n) is 8.43. The van der Waals surface area contributed by atoms with Crippen LogP contribution in [0.5, 0.6) is 0 Å². The minimum atomic E-state index is -1.91. The van der Waals surface area contributed by atoms with Gasteiger partial charge in [-0.05, 0) is 51.1 Å². The van der Waals surface area contributed by atoms with Crippen molar-refractivity contribution in [3.63, 3.8) is 0 Å². The Morgan fingerprint density at radius 1 is 0.913 bits per heavy atom. The number of aliphatic hydroxyl groups excluding tert-OH is 2. The topological polar surface area (TPSA) is 74.8 Å². The molecule has 0 aromatic rings. The van der Waals surface area contributed by atoms with Gasteiger partial charge >= 0.3 is 0 Å². The minimum Gasteiger partial charge on any atom is -0.456 e. The van der Waals surface area contributed by atoms with E-state index >= 15 is 0 Å². The molecular formula is C16H34O5Si2. The van der Waals surface area contributed by atoms with Crippen molar-refractivity contribution in [2.45, 2.75) is 88.4 Å². The van der Waals surface area contributed by atoms with Crippen molar-refractivity contribution >= 4 is 16.6 Å². The first-order chi connectivity index (χ1) is 10.7. The fourth-order valence-corrected chi connectivity index (χ4v) is 12.0. The summed E-state index contributed by atoms with van der Waals surface area (Å²) >= 11 is 0. The maximum Gasteiger partial charge on any atom is 0.176 e. The van der Waals surface area contributed by atoms with Crippen molar-refractivity contribution in [3.05, 3.63) is 0 Å². The van der Waals surface area contributed by atoms with E-state index in [2.05, 4.69) is 26.2 Å². The Labute approximate surface area is 142 Å². The number of hydrogen-bond donors (Lipinski definition) is 2. The summed E-state index contributed by atoms with van der Waals surface area (Å²) in [6, 6.07) is 1.91. The summed E-state index contributed by atoms with van der Waals surface area (Å²) in [6.45, 7) is 10.5. The smallest absolute Gasteiger partial charge is 0.176 e. The van der Waals surface area contributed by atoms with Crippen LogP contribution in [0.15, 0.2) is 0 Å². The summed E-state index contributed by atoms with van der Waals surface area (Å²) in [5, 5.41) is 20.3. The van der Waals surface area contributed by atoms with Crippen LogP contribution >= 0.6 is 0 Å². The van der Waals surface area contributed by atoms with Crippen LogP contribution in [0, 0.1) is 0 Å². The molecule has 2 heterocycles. The minimum absolute atomic E-state index is 0.274. The molecule has 0 aliphatic carbocycles. The van der Waals surface area contributed by atoms with Gasteiger partial charge in [0.1, 0.15) is 0 Å². The van der Waals surface area contributed by atoms with Gasteiger partial charge in [0.05, 0.1) is 37.6 Å². The van der Waals surface area contributed by atoms with Crippen molar-refractivity contribution in [2.24, 2.45) is 0 Å². The summed E-state index contributed by atoms with van der Waals surface area (Å²) in [5.74, 6) is 0. The molecule has 2 aliphatic rings. The zero-order valence-electron chi connectivity index (χ0n) is 15.1. The SMILES string of the molecule is C[Si](C)(C)O[Si](C)(CCC(O)CC1CO1)CCC(O)CC1CO1. The van der Waals surface area contributed by atoms with Gasteiger partial charge in [0.15, 0.2) is 16.6 Å². The summed E-state index contributed by atoms with van der Waals surface area (Å²) in [7, 11) is -3.54. The van der Waals surface area contributed by atoms with Gasteiger partial charge in [0.2, 0.25) is 0 Å². The third-order valence-corrected chi connectivity index (χ3v) is 11.6. The van der Waals surface area contributed by atoms with Crippen LogP contribution in [0.3, 0.4) is 0 Å². The lowest BCUT2D eigenvalue weighted by molar-refractivity contribution is 0.143. The molecule has 2 N–H and O–H groups in total. The highest BCUT2D eigenvalue weighted by Crippen LogP contribution is 2.29. The van der Waals surface area contributed by atoms with E-state index in [0.717, 1.165) is 51.0 Å². The molecule has 4 atom stereocenters. The van der Waals surface area contributed by atoms with Crippen molar-refractivity contribution < 1.29 is 23.8 Å². The van der Waals surface area contributed by atoms with Crippen LogP contribution < -0.4 is 0 Å². The van der Waals surface area contributed by atoms with Crippen molar-refractivity contribution in [2.75, 3.05) is 13.2 Å². The summed E-state index contributed by atoms with van der Waals surface area (Å²) in [5.41, 5.74) is 0. The molecule has 2 rings (SSSR count). The van der Waals surface area contributed by atoms with Crippen LogP contribution in [0.4, 0.5) is 0 Å². The fourth-order valence-electron chi connectivity index (χ4n) is 3.16. The van der Waals surface area contributed by atoms with Gasteiger partial charge in [-0.25, -0.2) is 0 Å². The molecular weight excluding hydrogens is 328 g/mol. The maximum atomic E-state index is 10.2. The Morgan fingerprint density at radius 3 is 1.61 bits per heavy atom. The highest BCUT2D eigenvalue weighted by molar-refractivity contribution is 6.84. The molecule has 4 unspecified atom stereocenters. The maximum absolute atomic E-state index is 10.2. The molecule has 2 fully saturated rings. The first-order valence-corrected chi connectivity index (χ1v) is 15.2. The van der Waals surface area contributed by atoms with E-state index in [-0.39, 0.29) is 24.4 Å². The zero-order chi connectivity index (χ0) is 17.1. The molecule has 2 aliphatic heterocycles. The molecule has 5 nitrogen and oxygen atoms in total. The van der Waals surface area contributed by atoms with Gasteiger partial charge in [-0.1, -0.05) is 0 Å². The van der Waals surface area contributed by atoms with Gasteiger partial charge in [0.25, 0.3) is 0 Å². The standard InChI is InChI=1S/C16H34O5Si2/c1-22(2,3)21-23(4,7-5-13(17)9-15-11-19-15)8-6-14(18)10-16-12-20-16/h13-18H,5-12H2,1-4H3. The average molecular weight is 363 g/mol. The largest absolute Gasteiger partial charge is 0.456 e. The first kappa shape index (κ1) is 19.6. The molecule has 7 heteroatoms. The van der Waals surface area contributed by atoms with Crippen LogP contribution in [-0.2, 0) is 13.6 Å². The van der Waals surface area contributed by atoms with E-state index in [1.54, 1.807) is 0 Å². The van der Waals surface area contributed by atoms with Crippen LogP contribution in [0.1, 0.15) is 25.7 Å². The molecule has 0 radical (unpaired) electrons. The third kappa shape index (κ3) is 8.76. The third-order valence-electron chi connectivity index (χ3n) is 4.44. The fraction of sp³-hybridized carbons (Fsp3) is 1.00. The normalized spacial score (nSPS) is 29.0. The monoisotopic (exact) mass is 362 g/mol. The highest BCUT2D eigenvalue weighted by atomic mass is 28.4. The predicted octanol–water partition coefficient (Wildman–Crippen LogP) is 2.49. The molecule has 0 amide bonds. The van der Waals surface area contributed by atoms with Crippen molar-refractivity contribution in [1.29, 1.82) is 0 Å². The van der Waals surface area contributed by atoms with E-state index in [4.69, 9.17) is 13.6 Å². The van der Waals surface area contributed by atoms with Crippen LogP contribution in [0.25, 0.3) is 0 Å². The number of aliphatic hydroxyl groups is 2. The number of hydrogen-bond acceptors (Lipinski definition) is 5. The molecule has 136 valence electrons. The van der Waals surface area contributed by atoms with E-state index in [9.17, 15) is 10.2 Å². The lowest BCUT2D eigenvalue weighted by Gasteiger charge is -2.36. The van der Waals surface area contributed by atoms with E-state index in [1.807, 2.05) is 0 Å². The summed E-state index contributed by atoms with van der Waals surface area (Å²) in [4.78, 5) is 0. The Balaban J connectivity index is 1.79. The zero-order valence-corrected chi connectivity index (χ0v) is 17.1. The Hall–Kier alpha value is 0.234. The number of rotatable bonds is 12. The van der Waals surface area contributed by atoms with Gasteiger partial charge in [-0.3, -0.25) is 0 Å². The molecule has 2 saturated heterocycles. The Kier molecular flexibility index (Phi) is 6.87. The lowest BCUT2D eigenvalue weighted by Crippen LogP contribution is -2.45. The van der Waals surface area contributed by atoms with Crippen molar-refractivity contribution in [3.8, 4) is 0 Å². The van der Waals surface area contributed by atoms with Gasteiger partial charge < -0.3 is 23.8 Å². The second kappa shape index (κ2) is 8.08. The Bertz CT molecular complexity index is 342. The predicted molar refractivity (Wildman–Crippen MR) is 95.6 cm³/mol. The first-order valence-electron chi connectivity index (χ1n) is 8.95. The van der Waals surface area contributed by atoms with Crippen LogP contribution in [0.2, 0.25) is 38.3 Å². The quantitative estimate of drug-likeness (QED) is 0.412. The van der Waals surface area contributed by atoms with Gasteiger partial charge in [-0.2, -0.15) is 0 Å². The molecule has 0 saturated carbocycles. The Morgan fingerprint density at radius 2 is 1.30 bits per heavy atom. The van der Waals surface area contributed by atoms with E-state index in [0.29, 0.717) is 0 Å². The van der Waals surface area contributed by atoms with E-state index in [1.165, 1.54) is 0 Å². The van der Waals surface area contributed by atoms with Crippen molar-refractivity contribution in [1.82, 2.24) is 0 Å². The van der Waals surface area contributed by atoms with Gasteiger partial charge in [0, 0.05) is 12.8 Å². The number of epoxide rings is 2. The molecule has 0 bridgehead atoms. The molecule has 0 aromatic heterocycles. The molecule has 23 heavy (non-hydrogen) atoms. The lowest BCUT2D eigenvalue weighted by atomic mass is 10.1. The second-order valence-corrected chi connectivity index (χ2v) is 17.4. The highest BCUT2D eigenvalue weighted by Gasteiger charge is 2.36. The van der Waals surface area contributed by atoms with Crippen LogP contribution in [-0.4, -0.2) is 64.5 Å². The summed E-state index contributed by atoms with van der Waals surface area (Å²) in [6.07, 6.45) is 3.04. The molecule has 0 aromatic carbocycles. The molecule has 0 spiro atoms. The summed E-state index contributed by atoms with van der Waals surface area (Å²) < 4.78 is 17.0. The number of ether oxygens (including phenoxy) is 2. The van der Waals surface area contributed by atoms with E-state index < -0.39 is 16.6 Å². The average Bonchev–Trinajstić information content (AvgIpc) is 3.29. The van der Waals surface area contributed by atoms with Gasteiger partial charge in [-0.15, -0.1) is 0 Å².